The van der Waals surface area contributed by atoms with Crippen molar-refractivity contribution in [3.05, 3.63) is 30.3 Å². The average molecular weight is 316 g/mol. The smallest absolute Gasteiger partial charge is 0.174 e. The summed E-state index contributed by atoms with van der Waals surface area (Å²) in [4.78, 5) is 1.33. The molecule has 2 nitrogen and oxygen atoms in total. The molecule has 1 aromatic carbocycles. The van der Waals surface area contributed by atoms with Gasteiger partial charge in [-0.3, -0.25) is 0 Å². The molecule has 5 fully saturated rings. The minimum atomic E-state index is -0.199. The molecule has 4 bridgehead atoms. The Labute approximate surface area is 137 Å². The van der Waals surface area contributed by atoms with E-state index in [9.17, 15) is 0 Å². The molecule has 22 heavy (non-hydrogen) atoms. The number of ether oxygens (including phenoxy) is 2. The molecular weight excluding hydrogens is 292 g/mol. The van der Waals surface area contributed by atoms with E-state index in [1.165, 1.54) is 37.0 Å². The highest BCUT2D eigenvalue weighted by atomic mass is 32.2. The summed E-state index contributed by atoms with van der Waals surface area (Å²) in [6, 6.07) is 10.6. The molecule has 5 aliphatic rings. The molecule has 1 aliphatic heterocycles. The Morgan fingerprint density at radius 1 is 0.955 bits per heavy atom. The first-order chi connectivity index (χ1) is 10.8. The summed E-state index contributed by atoms with van der Waals surface area (Å²) in [5.74, 6) is 4.11. The molecule has 1 atom stereocenters. The molecule has 118 valence electrons. The van der Waals surface area contributed by atoms with Crippen LogP contribution < -0.4 is 0 Å². The van der Waals surface area contributed by atoms with Gasteiger partial charge in [-0.25, -0.2) is 0 Å². The highest BCUT2D eigenvalue weighted by Gasteiger charge is 2.61. The first kappa shape index (κ1) is 13.9. The average Bonchev–Trinajstić information content (AvgIpc) is 2.96. The van der Waals surface area contributed by atoms with Crippen molar-refractivity contribution in [2.45, 2.75) is 48.9 Å². The number of hydrogen-bond donors (Lipinski definition) is 0. The van der Waals surface area contributed by atoms with E-state index in [1.54, 1.807) is 0 Å². The van der Waals surface area contributed by atoms with Gasteiger partial charge in [0.15, 0.2) is 5.79 Å². The van der Waals surface area contributed by atoms with E-state index in [-0.39, 0.29) is 11.9 Å². The first-order valence-corrected chi connectivity index (χ1v) is 9.80. The summed E-state index contributed by atoms with van der Waals surface area (Å²) >= 11 is 1.90. The number of rotatable bonds is 3. The maximum Gasteiger partial charge on any atom is 0.174 e. The van der Waals surface area contributed by atoms with Crippen LogP contribution in [0.5, 0.6) is 0 Å². The minimum Gasteiger partial charge on any atom is -0.347 e. The van der Waals surface area contributed by atoms with Gasteiger partial charge in [0.25, 0.3) is 0 Å². The molecule has 4 aliphatic carbocycles. The molecule has 6 rings (SSSR count). The van der Waals surface area contributed by atoms with Crippen molar-refractivity contribution in [1.29, 1.82) is 0 Å². The maximum atomic E-state index is 6.60. The van der Waals surface area contributed by atoms with Crippen LogP contribution in [0.4, 0.5) is 0 Å². The number of benzene rings is 1. The second-order valence-corrected chi connectivity index (χ2v) is 8.79. The Morgan fingerprint density at radius 3 is 2.32 bits per heavy atom. The lowest BCUT2D eigenvalue weighted by molar-refractivity contribution is -0.293. The lowest BCUT2D eigenvalue weighted by Crippen LogP contribution is -2.58. The predicted octanol–water partition coefficient (Wildman–Crippen LogP) is 4.35. The van der Waals surface area contributed by atoms with Crippen LogP contribution in [0.2, 0.25) is 0 Å². The minimum absolute atomic E-state index is 0.199. The Hall–Kier alpha value is -0.510. The topological polar surface area (TPSA) is 18.5 Å². The highest BCUT2D eigenvalue weighted by molar-refractivity contribution is 7.99. The van der Waals surface area contributed by atoms with Crippen molar-refractivity contribution < 1.29 is 9.47 Å². The van der Waals surface area contributed by atoms with Crippen LogP contribution in [0.15, 0.2) is 35.2 Å². The largest absolute Gasteiger partial charge is 0.347 e. The zero-order valence-corrected chi connectivity index (χ0v) is 13.8. The van der Waals surface area contributed by atoms with Crippen molar-refractivity contribution in [2.24, 2.45) is 23.7 Å². The van der Waals surface area contributed by atoms with Crippen LogP contribution >= 0.6 is 11.8 Å². The van der Waals surface area contributed by atoms with Gasteiger partial charge in [0.1, 0.15) is 0 Å². The van der Waals surface area contributed by atoms with E-state index in [4.69, 9.17) is 9.47 Å². The number of hydrogen-bond acceptors (Lipinski definition) is 3. The van der Waals surface area contributed by atoms with Gasteiger partial charge in [-0.1, -0.05) is 18.2 Å². The van der Waals surface area contributed by atoms with Crippen LogP contribution in [0.1, 0.15) is 32.1 Å². The summed E-state index contributed by atoms with van der Waals surface area (Å²) in [7, 11) is 0. The second kappa shape index (κ2) is 5.25. The third kappa shape index (κ3) is 2.16. The lowest BCUT2D eigenvalue weighted by atomic mass is 9.53. The van der Waals surface area contributed by atoms with Crippen LogP contribution in [0.25, 0.3) is 0 Å². The maximum absolute atomic E-state index is 6.60. The van der Waals surface area contributed by atoms with Gasteiger partial charge in [0, 0.05) is 22.5 Å². The van der Waals surface area contributed by atoms with Crippen molar-refractivity contribution in [2.75, 3.05) is 12.4 Å². The normalized spacial score (nSPS) is 45.7. The summed E-state index contributed by atoms with van der Waals surface area (Å²) in [5, 5.41) is 0. The molecule has 0 N–H and O–H groups in total. The fourth-order valence-electron chi connectivity index (χ4n) is 5.61. The fraction of sp³-hybridized carbons (Fsp3) is 0.684. The molecule has 1 aromatic rings. The van der Waals surface area contributed by atoms with Crippen molar-refractivity contribution in [3.8, 4) is 0 Å². The van der Waals surface area contributed by atoms with Crippen LogP contribution in [0.3, 0.4) is 0 Å². The molecule has 4 saturated carbocycles. The molecule has 0 amide bonds. The van der Waals surface area contributed by atoms with Gasteiger partial charge >= 0.3 is 0 Å². The predicted molar refractivity (Wildman–Crippen MR) is 87.8 cm³/mol. The van der Waals surface area contributed by atoms with Gasteiger partial charge in [-0.2, -0.15) is 0 Å². The van der Waals surface area contributed by atoms with E-state index < -0.39 is 0 Å². The summed E-state index contributed by atoms with van der Waals surface area (Å²) in [6.07, 6.45) is 7.16. The van der Waals surface area contributed by atoms with Crippen LogP contribution in [-0.2, 0) is 9.47 Å². The zero-order valence-electron chi connectivity index (χ0n) is 12.9. The molecule has 1 heterocycles. The molecule has 1 unspecified atom stereocenters. The van der Waals surface area contributed by atoms with Gasteiger partial charge in [0.2, 0.25) is 0 Å². The second-order valence-electron chi connectivity index (χ2n) is 7.70. The van der Waals surface area contributed by atoms with Crippen molar-refractivity contribution >= 4 is 11.8 Å². The third-order valence-corrected chi connectivity index (χ3v) is 7.44. The summed E-state index contributed by atoms with van der Waals surface area (Å²) in [5.41, 5.74) is 0. The van der Waals surface area contributed by atoms with E-state index in [0.29, 0.717) is 11.8 Å². The lowest BCUT2D eigenvalue weighted by Gasteiger charge is -2.58. The van der Waals surface area contributed by atoms with E-state index >= 15 is 0 Å². The molecular formula is C19H24O2S. The summed E-state index contributed by atoms with van der Waals surface area (Å²) < 4.78 is 13.0. The van der Waals surface area contributed by atoms with Gasteiger partial charge in [-0.15, -0.1) is 11.8 Å². The first-order valence-electron chi connectivity index (χ1n) is 8.81. The highest BCUT2D eigenvalue weighted by Crippen LogP contribution is 2.61. The standard InChI is InChI=1S/C19H24O2S/c1-2-4-18(5-3-1)22-12-17-11-20-19(21-17)15-7-13-6-14(9-15)10-16(19)8-13/h1-5,13-17H,6-12H2. The zero-order chi connectivity index (χ0) is 14.6. The molecule has 0 radical (unpaired) electrons. The molecule has 0 aromatic heterocycles. The molecule has 3 heteroatoms. The van der Waals surface area contributed by atoms with Gasteiger partial charge in [0.05, 0.1) is 12.7 Å². The van der Waals surface area contributed by atoms with E-state index in [1.807, 2.05) is 11.8 Å². The summed E-state index contributed by atoms with van der Waals surface area (Å²) in [6.45, 7) is 0.794. The van der Waals surface area contributed by atoms with Crippen LogP contribution in [0, 0.1) is 23.7 Å². The monoisotopic (exact) mass is 316 g/mol. The van der Waals surface area contributed by atoms with Crippen molar-refractivity contribution in [3.63, 3.8) is 0 Å². The Kier molecular flexibility index (Phi) is 3.32. The Balaban J connectivity index is 1.27. The quantitative estimate of drug-likeness (QED) is 0.773. The SMILES string of the molecule is c1ccc(SCC2COC3(O2)C2CC4CC(C2)CC3C4)cc1. The molecule has 1 spiro atoms. The van der Waals surface area contributed by atoms with E-state index in [2.05, 4.69) is 30.3 Å². The molecule has 1 saturated heterocycles. The van der Waals surface area contributed by atoms with Crippen LogP contribution in [-0.4, -0.2) is 24.3 Å². The van der Waals surface area contributed by atoms with E-state index in [0.717, 1.165) is 24.2 Å². The third-order valence-electron chi connectivity index (χ3n) is 6.30. The fourth-order valence-corrected chi connectivity index (χ4v) is 6.50. The Morgan fingerprint density at radius 2 is 1.64 bits per heavy atom. The van der Waals surface area contributed by atoms with Gasteiger partial charge in [-0.05, 0) is 56.1 Å². The van der Waals surface area contributed by atoms with Gasteiger partial charge < -0.3 is 9.47 Å². The Bertz CT molecular complexity index is 516. The number of thioether (sulfide) groups is 1. The van der Waals surface area contributed by atoms with Crippen molar-refractivity contribution in [1.82, 2.24) is 0 Å².